The summed E-state index contributed by atoms with van der Waals surface area (Å²) in [5.41, 5.74) is 0. The number of piperidine rings is 1. The molecule has 124 valence electrons. The van der Waals surface area contributed by atoms with Gasteiger partial charge in [-0.15, -0.1) is 0 Å². The van der Waals surface area contributed by atoms with Gasteiger partial charge in [0.1, 0.15) is 0 Å². The van der Waals surface area contributed by atoms with Gasteiger partial charge < -0.3 is 5.32 Å². The summed E-state index contributed by atoms with van der Waals surface area (Å²) in [4.78, 5) is 0. The summed E-state index contributed by atoms with van der Waals surface area (Å²) >= 11 is 1.88. The van der Waals surface area contributed by atoms with Gasteiger partial charge in [0.05, 0.1) is 0 Å². The normalized spacial score (nSPS) is 29.2. The standard InChI is InChI=1S/C14H29N3O2S2/c1-14(2)7-9-16(10-11-20-14)21(18,19)17-8-5-4-6-13(17)12-15-3/h13,15H,4-12H2,1-3H3. The highest BCUT2D eigenvalue weighted by Gasteiger charge is 2.37. The van der Waals surface area contributed by atoms with Gasteiger partial charge in [-0.3, -0.25) is 0 Å². The lowest BCUT2D eigenvalue weighted by Crippen LogP contribution is -2.53. The number of thioether (sulfide) groups is 1. The van der Waals surface area contributed by atoms with Crippen molar-refractivity contribution < 1.29 is 8.42 Å². The first-order chi connectivity index (χ1) is 9.87. The van der Waals surface area contributed by atoms with Crippen molar-refractivity contribution in [3.63, 3.8) is 0 Å². The summed E-state index contributed by atoms with van der Waals surface area (Å²) < 4.78 is 29.6. The Morgan fingerprint density at radius 2 is 2.00 bits per heavy atom. The van der Waals surface area contributed by atoms with E-state index in [9.17, 15) is 8.42 Å². The zero-order chi connectivity index (χ0) is 15.5. The molecule has 1 atom stereocenters. The molecule has 2 aliphatic heterocycles. The number of nitrogens with one attached hydrogen (secondary N) is 1. The fourth-order valence-electron chi connectivity index (χ4n) is 3.10. The molecular weight excluding hydrogens is 306 g/mol. The third-order valence-electron chi connectivity index (χ3n) is 4.43. The molecule has 5 nitrogen and oxygen atoms in total. The molecule has 0 amide bonds. The van der Waals surface area contributed by atoms with Crippen molar-refractivity contribution in [1.82, 2.24) is 13.9 Å². The smallest absolute Gasteiger partial charge is 0.282 e. The zero-order valence-electron chi connectivity index (χ0n) is 13.5. The van der Waals surface area contributed by atoms with Crippen molar-refractivity contribution in [2.24, 2.45) is 0 Å². The van der Waals surface area contributed by atoms with Gasteiger partial charge in [0.25, 0.3) is 10.2 Å². The molecule has 2 heterocycles. The fraction of sp³-hybridized carbons (Fsp3) is 1.00. The lowest BCUT2D eigenvalue weighted by molar-refractivity contribution is 0.229. The minimum Gasteiger partial charge on any atom is -0.318 e. The Morgan fingerprint density at radius 1 is 1.24 bits per heavy atom. The van der Waals surface area contributed by atoms with E-state index in [0.29, 0.717) is 19.6 Å². The summed E-state index contributed by atoms with van der Waals surface area (Å²) in [6, 6.07) is 0.109. The van der Waals surface area contributed by atoms with Crippen LogP contribution in [0.5, 0.6) is 0 Å². The topological polar surface area (TPSA) is 52.7 Å². The van der Waals surface area contributed by atoms with Gasteiger partial charge in [-0.2, -0.15) is 28.8 Å². The first-order valence-corrected chi connectivity index (χ1v) is 10.3. The fourth-order valence-corrected chi connectivity index (χ4v) is 6.17. The van der Waals surface area contributed by atoms with Gasteiger partial charge in [0.15, 0.2) is 0 Å². The Balaban J connectivity index is 2.12. The maximum absolute atomic E-state index is 13.0. The van der Waals surface area contributed by atoms with Crippen molar-refractivity contribution >= 4 is 22.0 Å². The third-order valence-corrected chi connectivity index (χ3v) is 7.90. The summed E-state index contributed by atoms with van der Waals surface area (Å²) in [5, 5.41) is 3.14. The average Bonchev–Trinajstić information content (AvgIpc) is 2.61. The second kappa shape index (κ2) is 7.17. The molecule has 2 fully saturated rings. The Kier molecular flexibility index (Phi) is 5.99. The van der Waals surface area contributed by atoms with E-state index in [2.05, 4.69) is 19.2 Å². The minimum absolute atomic E-state index is 0.109. The van der Waals surface area contributed by atoms with E-state index in [1.165, 1.54) is 0 Å². The Morgan fingerprint density at radius 3 is 2.71 bits per heavy atom. The maximum Gasteiger partial charge on any atom is 0.282 e. The molecule has 1 N–H and O–H groups in total. The maximum atomic E-state index is 13.0. The lowest BCUT2D eigenvalue weighted by atomic mass is 10.1. The summed E-state index contributed by atoms with van der Waals surface area (Å²) in [6.45, 7) is 7.11. The predicted octanol–water partition coefficient (Wildman–Crippen LogP) is 1.52. The molecule has 1 unspecified atom stereocenters. The zero-order valence-corrected chi connectivity index (χ0v) is 15.1. The third kappa shape index (κ3) is 4.34. The second-order valence-electron chi connectivity index (χ2n) is 6.58. The number of likely N-dealkylation sites (N-methyl/N-ethyl adjacent to an activating group) is 1. The van der Waals surface area contributed by atoms with Gasteiger partial charge in [-0.1, -0.05) is 20.3 Å². The Hall–Kier alpha value is 0.180. The molecule has 7 heteroatoms. The van der Waals surface area contributed by atoms with Crippen molar-refractivity contribution in [3.8, 4) is 0 Å². The van der Waals surface area contributed by atoms with E-state index in [-0.39, 0.29) is 10.8 Å². The molecule has 0 spiro atoms. The van der Waals surface area contributed by atoms with Gasteiger partial charge in [0.2, 0.25) is 0 Å². The number of hydrogen-bond donors (Lipinski definition) is 1. The van der Waals surface area contributed by atoms with E-state index in [1.807, 2.05) is 18.8 Å². The van der Waals surface area contributed by atoms with E-state index in [4.69, 9.17) is 0 Å². The molecule has 0 radical (unpaired) electrons. The molecule has 0 aromatic heterocycles. The van der Waals surface area contributed by atoms with Crippen LogP contribution in [0.4, 0.5) is 0 Å². The van der Waals surface area contributed by atoms with Crippen LogP contribution in [0.2, 0.25) is 0 Å². The summed E-state index contributed by atoms with van der Waals surface area (Å²) in [6.07, 6.45) is 3.99. The second-order valence-corrected chi connectivity index (χ2v) is 10.3. The van der Waals surface area contributed by atoms with Crippen molar-refractivity contribution in [2.75, 3.05) is 39.0 Å². The van der Waals surface area contributed by atoms with Crippen molar-refractivity contribution in [2.45, 2.75) is 50.3 Å². The SMILES string of the molecule is CNCC1CCCCN1S(=O)(=O)N1CCSC(C)(C)CC1. The van der Waals surface area contributed by atoms with Crippen LogP contribution in [0.15, 0.2) is 0 Å². The van der Waals surface area contributed by atoms with E-state index in [0.717, 1.165) is 38.0 Å². The molecule has 0 bridgehead atoms. The minimum atomic E-state index is -3.32. The quantitative estimate of drug-likeness (QED) is 0.846. The van der Waals surface area contributed by atoms with Crippen LogP contribution in [-0.2, 0) is 10.2 Å². The molecule has 0 aromatic carbocycles. The largest absolute Gasteiger partial charge is 0.318 e. The number of hydrogen-bond acceptors (Lipinski definition) is 4. The Labute approximate surface area is 134 Å². The molecule has 0 aliphatic carbocycles. The van der Waals surface area contributed by atoms with Crippen LogP contribution >= 0.6 is 11.8 Å². The number of rotatable bonds is 4. The number of nitrogens with zero attached hydrogens (tertiary/aromatic N) is 2. The van der Waals surface area contributed by atoms with E-state index in [1.54, 1.807) is 8.61 Å². The van der Waals surface area contributed by atoms with Gasteiger partial charge >= 0.3 is 0 Å². The molecule has 2 aliphatic rings. The monoisotopic (exact) mass is 335 g/mol. The van der Waals surface area contributed by atoms with Crippen molar-refractivity contribution in [3.05, 3.63) is 0 Å². The van der Waals surface area contributed by atoms with Gasteiger partial charge in [-0.25, -0.2) is 0 Å². The molecule has 0 aromatic rings. The Bertz CT molecular complexity index is 438. The molecule has 2 rings (SSSR count). The van der Waals surface area contributed by atoms with Crippen LogP contribution in [0.25, 0.3) is 0 Å². The van der Waals surface area contributed by atoms with Crippen LogP contribution in [0, 0.1) is 0 Å². The first-order valence-electron chi connectivity index (χ1n) is 7.92. The van der Waals surface area contributed by atoms with Crippen LogP contribution in [0.3, 0.4) is 0 Å². The average molecular weight is 336 g/mol. The van der Waals surface area contributed by atoms with E-state index >= 15 is 0 Å². The van der Waals surface area contributed by atoms with E-state index < -0.39 is 10.2 Å². The van der Waals surface area contributed by atoms with Crippen molar-refractivity contribution in [1.29, 1.82) is 0 Å². The molecule has 0 saturated carbocycles. The highest BCUT2D eigenvalue weighted by Crippen LogP contribution is 2.32. The highest BCUT2D eigenvalue weighted by molar-refractivity contribution is 8.00. The highest BCUT2D eigenvalue weighted by atomic mass is 32.2. The van der Waals surface area contributed by atoms with Gasteiger partial charge in [0, 0.05) is 42.7 Å². The first kappa shape index (κ1) is 17.5. The summed E-state index contributed by atoms with van der Waals surface area (Å²) in [5.74, 6) is 0.886. The van der Waals surface area contributed by atoms with Crippen LogP contribution in [0.1, 0.15) is 39.5 Å². The molecule has 2 saturated heterocycles. The summed E-state index contributed by atoms with van der Waals surface area (Å²) in [7, 11) is -1.42. The lowest BCUT2D eigenvalue weighted by Gasteiger charge is -2.37. The van der Waals surface area contributed by atoms with Gasteiger partial charge in [-0.05, 0) is 26.3 Å². The van der Waals surface area contributed by atoms with Crippen LogP contribution < -0.4 is 5.32 Å². The molecule has 21 heavy (non-hydrogen) atoms. The molecular formula is C14H29N3O2S2. The van der Waals surface area contributed by atoms with Crippen LogP contribution in [-0.4, -0.2) is 66.8 Å². The predicted molar refractivity (Wildman–Crippen MR) is 89.9 cm³/mol.